The number of carbonyl (C=O) groups is 7. The van der Waals surface area contributed by atoms with Crippen LogP contribution in [0.5, 0.6) is 0 Å². The van der Waals surface area contributed by atoms with Crippen LogP contribution in [0.25, 0.3) is 11.1 Å². The smallest absolute Gasteiger partial charge is 0.305 e. The lowest BCUT2D eigenvalue weighted by Crippen LogP contribution is -2.58. The van der Waals surface area contributed by atoms with Gasteiger partial charge in [0.15, 0.2) is 0 Å². The molecule has 6 amide bonds. The van der Waals surface area contributed by atoms with Crippen molar-refractivity contribution in [1.82, 2.24) is 31.5 Å². The number of piperidine rings is 1. The quantitative estimate of drug-likeness (QED) is 0.0801. The number of benzene rings is 4. The minimum absolute atomic E-state index is 0.00601. The monoisotopic (exact) mass is 941 g/mol. The molecule has 1 saturated heterocycles. The highest BCUT2D eigenvalue weighted by atomic mass is 16.5. The molecule has 16 nitrogen and oxygen atoms in total. The Morgan fingerprint density at radius 3 is 2.20 bits per heavy atom. The predicted octanol–water partition coefficient (Wildman–Crippen LogP) is 2.85. The number of nitrogens with one attached hydrogen (secondary N) is 5. The number of hydrogen-bond acceptors (Lipinski definition) is 10. The second-order valence-electron chi connectivity index (χ2n) is 17.4. The summed E-state index contributed by atoms with van der Waals surface area (Å²) in [6.07, 6.45) is 4.45. The number of fused-ring (bicyclic) bond motifs is 3. The highest BCUT2D eigenvalue weighted by Crippen LogP contribution is 2.35. The third kappa shape index (κ3) is 15.4. The average molecular weight is 942 g/mol. The molecule has 1 fully saturated rings. The summed E-state index contributed by atoms with van der Waals surface area (Å²) in [5.41, 5.74) is 10.2. The van der Waals surface area contributed by atoms with Crippen molar-refractivity contribution in [3.63, 3.8) is 0 Å². The van der Waals surface area contributed by atoms with Gasteiger partial charge < -0.3 is 46.7 Å². The normalized spacial score (nSPS) is 20.1. The van der Waals surface area contributed by atoms with E-state index in [4.69, 9.17) is 15.2 Å². The highest BCUT2D eigenvalue weighted by Gasteiger charge is 2.44. The molecule has 4 aromatic rings. The van der Waals surface area contributed by atoms with E-state index < -0.39 is 47.0 Å². The molecule has 0 saturated carbocycles. The number of amides is 6. The first-order valence-electron chi connectivity index (χ1n) is 23.5. The minimum atomic E-state index is -1.13. The summed E-state index contributed by atoms with van der Waals surface area (Å²) in [6.45, 7) is 1.49. The lowest BCUT2D eigenvalue weighted by Gasteiger charge is -2.42. The van der Waals surface area contributed by atoms with Crippen LogP contribution < -0.4 is 32.3 Å². The van der Waals surface area contributed by atoms with Crippen LogP contribution in [-0.4, -0.2) is 111 Å². The van der Waals surface area contributed by atoms with Crippen molar-refractivity contribution >= 4 is 41.4 Å². The molecule has 0 aliphatic carbocycles. The van der Waals surface area contributed by atoms with Crippen molar-refractivity contribution < 1.29 is 43.0 Å². The van der Waals surface area contributed by atoms with Gasteiger partial charge in [0.05, 0.1) is 32.2 Å². The molecule has 2 aliphatic heterocycles. The van der Waals surface area contributed by atoms with Crippen LogP contribution in [0, 0.1) is 5.41 Å². The Morgan fingerprint density at radius 1 is 0.797 bits per heavy atom. The first kappa shape index (κ1) is 51.2. The predicted molar refractivity (Wildman–Crippen MR) is 260 cm³/mol. The van der Waals surface area contributed by atoms with Gasteiger partial charge in [-0.05, 0) is 71.0 Å². The fourth-order valence-electron chi connectivity index (χ4n) is 8.62. The zero-order chi connectivity index (χ0) is 49.0. The molecular formula is C53H63N7O9. The lowest BCUT2D eigenvalue weighted by atomic mass is 9.74. The molecule has 6 rings (SSSR count). The number of rotatable bonds is 14. The van der Waals surface area contributed by atoms with Gasteiger partial charge in [0, 0.05) is 64.3 Å². The van der Waals surface area contributed by atoms with Crippen LogP contribution >= 0.6 is 0 Å². The Kier molecular flexibility index (Phi) is 19.2. The van der Waals surface area contributed by atoms with E-state index in [2.05, 4.69) is 26.6 Å². The summed E-state index contributed by atoms with van der Waals surface area (Å²) in [6, 6.07) is 30.3. The zero-order valence-electron chi connectivity index (χ0n) is 39.1. The number of hydrogen-bond donors (Lipinski definition) is 6. The second-order valence-corrected chi connectivity index (χ2v) is 17.4. The third-order valence-corrected chi connectivity index (χ3v) is 12.4. The molecule has 0 unspecified atom stereocenters. The number of nitrogens with zero attached hydrogens (tertiary/aromatic N) is 1. The molecule has 4 aromatic carbocycles. The van der Waals surface area contributed by atoms with Crippen molar-refractivity contribution in [2.75, 3.05) is 53.0 Å². The standard InChI is InChI=1S/C53H63N7O9/c1-68-49(64)23-16-37-12-17-40(18-13-37)41-19-14-38(15-20-41)32-45-51(66)57-35-43-11-6-5-10-42(43)33-47(62)58-44(50(65)56-28-31-69-30-26-54)24-27-55-46(61)21-22-48(63)60-29-7-25-53(36-60,52(67)59-45)34-39-8-3-2-4-9-39/h2-6,8-15,17-22,44-45H,7,16,23-36,54H2,1H3,(H,55,61)(H,56,65)(H,57,66)(H,58,62)(H,59,67)/b22-21+/t44-,45-,53-/m0/s1. The van der Waals surface area contributed by atoms with Crippen molar-refractivity contribution in [1.29, 1.82) is 0 Å². The van der Waals surface area contributed by atoms with Crippen molar-refractivity contribution in [2.24, 2.45) is 11.1 Å². The highest BCUT2D eigenvalue weighted by molar-refractivity contribution is 5.97. The Bertz CT molecular complexity index is 2430. The van der Waals surface area contributed by atoms with Gasteiger partial charge in [-0.15, -0.1) is 0 Å². The Labute approximate surface area is 403 Å². The van der Waals surface area contributed by atoms with Gasteiger partial charge in [-0.3, -0.25) is 33.6 Å². The SMILES string of the molecule is COC(=O)CCc1ccc(-c2ccc(C[C@@H]3NC(=O)[C@]4(Cc5ccccc5)CCCN(C4)C(=O)/C=C/C(=O)NCC[C@@H](C(=O)NCCOCCN)NC(=O)Cc4ccccc4CNC3=O)cc2)cc1. The van der Waals surface area contributed by atoms with Crippen molar-refractivity contribution in [3.8, 4) is 11.1 Å². The molecule has 2 bridgehead atoms. The van der Waals surface area contributed by atoms with E-state index in [1.165, 1.54) is 13.2 Å². The third-order valence-electron chi connectivity index (χ3n) is 12.4. The van der Waals surface area contributed by atoms with E-state index in [-0.39, 0.29) is 70.3 Å². The van der Waals surface area contributed by atoms with Gasteiger partial charge in [-0.25, -0.2) is 0 Å². The lowest BCUT2D eigenvalue weighted by molar-refractivity contribution is -0.142. The van der Waals surface area contributed by atoms with Gasteiger partial charge in [0.2, 0.25) is 35.4 Å². The van der Waals surface area contributed by atoms with Crippen LogP contribution in [0.3, 0.4) is 0 Å². The van der Waals surface area contributed by atoms with E-state index in [0.29, 0.717) is 56.5 Å². The van der Waals surface area contributed by atoms with Gasteiger partial charge in [0.25, 0.3) is 0 Å². The van der Waals surface area contributed by atoms with E-state index in [1.807, 2.05) is 78.9 Å². The van der Waals surface area contributed by atoms with Gasteiger partial charge >= 0.3 is 5.97 Å². The molecule has 69 heavy (non-hydrogen) atoms. The van der Waals surface area contributed by atoms with Gasteiger partial charge in [-0.2, -0.15) is 0 Å². The molecule has 16 heteroatoms. The molecule has 364 valence electrons. The summed E-state index contributed by atoms with van der Waals surface area (Å²) in [7, 11) is 1.37. The van der Waals surface area contributed by atoms with E-state index >= 15 is 0 Å². The van der Waals surface area contributed by atoms with Crippen LogP contribution in [0.2, 0.25) is 0 Å². The number of esters is 1. The van der Waals surface area contributed by atoms with Crippen LogP contribution in [-0.2, 0) is 75.3 Å². The largest absolute Gasteiger partial charge is 0.469 e. The molecule has 0 spiro atoms. The number of ether oxygens (including phenoxy) is 2. The Morgan fingerprint density at radius 2 is 1.49 bits per heavy atom. The summed E-state index contributed by atoms with van der Waals surface area (Å²) in [5.74, 6) is -3.05. The molecule has 0 radical (unpaired) electrons. The molecule has 0 aromatic heterocycles. The maximum Gasteiger partial charge on any atom is 0.305 e. The number of methoxy groups -OCH3 is 1. The number of nitrogens with two attached hydrogens (primary N) is 1. The molecule has 2 heterocycles. The minimum Gasteiger partial charge on any atom is -0.469 e. The van der Waals surface area contributed by atoms with Crippen molar-refractivity contribution in [2.45, 2.75) is 70.0 Å². The second kappa shape index (κ2) is 25.8. The van der Waals surface area contributed by atoms with E-state index in [9.17, 15) is 33.6 Å². The first-order valence-corrected chi connectivity index (χ1v) is 23.5. The summed E-state index contributed by atoms with van der Waals surface area (Å²) in [4.78, 5) is 96.4. The van der Waals surface area contributed by atoms with Crippen LogP contribution in [0.1, 0.15) is 53.5 Å². The Hall–Kier alpha value is -7.17. The van der Waals surface area contributed by atoms with Crippen LogP contribution in [0.15, 0.2) is 115 Å². The van der Waals surface area contributed by atoms with Crippen LogP contribution in [0.4, 0.5) is 0 Å². The topological polar surface area (TPSA) is 227 Å². The average Bonchev–Trinajstić information content (AvgIpc) is 3.36. The molecule has 3 atom stereocenters. The number of carbonyl (C=O) groups excluding carboxylic acids is 7. The Balaban J connectivity index is 1.29. The molecule has 7 N–H and O–H groups in total. The zero-order valence-corrected chi connectivity index (χ0v) is 39.1. The fourth-order valence-corrected chi connectivity index (χ4v) is 8.62. The molecule has 2 aliphatic rings. The fraction of sp³-hybridized carbons (Fsp3) is 0.377. The maximum atomic E-state index is 15.0. The van der Waals surface area contributed by atoms with Gasteiger partial charge in [0.1, 0.15) is 12.1 Å². The van der Waals surface area contributed by atoms with E-state index in [0.717, 1.165) is 33.9 Å². The summed E-state index contributed by atoms with van der Waals surface area (Å²) >= 11 is 0. The summed E-state index contributed by atoms with van der Waals surface area (Å²) in [5, 5.41) is 14.4. The van der Waals surface area contributed by atoms with E-state index in [1.54, 1.807) is 29.2 Å². The first-order chi connectivity index (χ1) is 33.4. The molecular weight excluding hydrogens is 879 g/mol. The van der Waals surface area contributed by atoms with Crippen molar-refractivity contribution in [3.05, 3.63) is 143 Å². The maximum absolute atomic E-state index is 15.0. The summed E-state index contributed by atoms with van der Waals surface area (Å²) < 4.78 is 10.1. The number of aryl methyl sites for hydroxylation is 1. The van der Waals surface area contributed by atoms with Gasteiger partial charge in [-0.1, -0.05) is 103 Å².